The molecular formula is C20H13F2N5OS. The van der Waals surface area contributed by atoms with Crippen LogP contribution < -0.4 is 0 Å². The highest BCUT2D eigenvalue weighted by Crippen LogP contribution is 2.28. The summed E-state index contributed by atoms with van der Waals surface area (Å²) in [4.78, 5) is 24.2. The van der Waals surface area contributed by atoms with E-state index in [-0.39, 0.29) is 6.42 Å². The van der Waals surface area contributed by atoms with Gasteiger partial charge in [0.2, 0.25) is 0 Å². The van der Waals surface area contributed by atoms with Gasteiger partial charge in [0, 0.05) is 17.3 Å². The number of hydrogen-bond donors (Lipinski definition) is 0. The lowest BCUT2D eigenvalue weighted by molar-refractivity contribution is 0.0983. The van der Waals surface area contributed by atoms with Crippen molar-refractivity contribution >= 4 is 17.1 Å². The van der Waals surface area contributed by atoms with Gasteiger partial charge < -0.3 is 0 Å². The summed E-state index contributed by atoms with van der Waals surface area (Å²) < 4.78 is 27.4. The van der Waals surface area contributed by atoms with Crippen LogP contribution in [0, 0.1) is 18.6 Å². The van der Waals surface area contributed by atoms with Gasteiger partial charge in [-0.3, -0.25) is 19.7 Å². The molecule has 3 heterocycles. The summed E-state index contributed by atoms with van der Waals surface area (Å²) in [6.07, 6.45) is 4.31. The summed E-state index contributed by atoms with van der Waals surface area (Å²) in [5.41, 5.74) is 4.75. The molecule has 0 aliphatic rings. The van der Waals surface area contributed by atoms with Gasteiger partial charge in [-0.1, -0.05) is 23.5 Å². The van der Waals surface area contributed by atoms with E-state index in [1.54, 1.807) is 5.51 Å². The fraction of sp³-hybridized carbons (Fsp3) is 0.100. The maximum Gasteiger partial charge on any atom is 0.174 e. The number of rotatable bonds is 5. The molecule has 0 atom stereocenters. The fourth-order valence-electron chi connectivity index (χ4n) is 2.85. The summed E-state index contributed by atoms with van der Waals surface area (Å²) in [5, 5.41) is 8.72. The number of carbonyl (C=O) groups excluding carboxylic acids is 1. The van der Waals surface area contributed by atoms with Crippen LogP contribution in [0.1, 0.15) is 21.6 Å². The molecule has 0 N–H and O–H groups in total. The van der Waals surface area contributed by atoms with Gasteiger partial charge in [0.25, 0.3) is 0 Å². The number of aryl methyl sites for hydroxylation is 1. The second-order valence-corrected chi connectivity index (χ2v) is 7.08. The first kappa shape index (κ1) is 18.9. The van der Waals surface area contributed by atoms with Crippen molar-refractivity contribution in [2.45, 2.75) is 13.3 Å². The van der Waals surface area contributed by atoms with Crippen molar-refractivity contribution in [3.63, 3.8) is 0 Å². The first-order valence-corrected chi connectivity index (χ1v) is 9.41. The van der Waals surface area contributed by atoms with E-state index in [9.17, 15) is 13.6 Å². The molecule has 144 valence electrons. The summed E-state index contributed by atoms with van der Waals surface area (Å²) in [6.45, 7) is 1.95. The second-order valence-electron chi connectivity index (χ2n) is 6.24. The largest absolute Gasteiger partial charge is 0.294 e. The van der Waals surface area contributed by atoms with Gasteiger partial charge >= 0.3 is 0 Å². The Hall–Kier alpha value is -3.46. The van der Waals surface area contributed by atoms with E-state index in [2.05, 4.69) is 25.1 Å². The molecule has 0 aliphatic heterocycles. The van der Waals surface area contributed by atoms with Crippen LogP contribution in [0.4, 0.5) is 8.78 Å². The van der Waals surface area contributed by atoms with Crippen molar-refractivity contribution in [3.05, 3.63) is 77.0 Å². The van der Waals surface area contributed by atoms with Crippen molar-refractivity contribution in [1.29, 1.82) is 0 Å². The predicted octanol–water partition coefficient (Wildman–Crippen LogP) is 4.07. The summed E-state index contributed by atoms with van der Waals surface area (Å²) in [6, 6.07) is 5.87. The first-order valence-electron chi connectivity index (χ1n) is 8.53. The number of nitrogens with zero attached hydrogens (tertiary/aromatic N) is 5. The van der Waals surface area contributed by atoms with Crippen LogP contribution in [-0.2, 0) is 6.42 Å². The van der Waals surface area contributed by atoms with Gasteiger partial charge in [-0.05, 0) is 18.6 Å². The normalized spacial score (nSPS) is 10.9. The molecule has 1 aromatic carbocycles. The Labute approximate surface area is 168 Å². The third kappa shape index (κ3) is 3.90. The predicted molar refractivity (Wildman–Crippen MR) is 103 cm³/mol. The lowest BCUT2D eigenvalue weighted by atomic mass is 10.0. The van der Waals surface area contributed by atoms with Crippen LogP contribution >= 0.6 is 11.3 Å². The topological polar surface area (TPSA) is 81.5 Å². The number of carbonyl (C=O) groups is 1. The van der Waals surface area contributed by atoms with E-state index in [0.29, 0.717) is 11.4 Å². The number of ketones is 1. The van der Waals surface area contributed by atoms with Gasteiger partial charge in [0.15, 0.2) is 17.4 Å². The van der Waals surface area contributed by atoms with Crippen LogP contribution in [0.5, 0.6) is 0 Å². The smallest absolute Gasteiger partial charge is 0.174 e. The zero-order valence-electron chi connectivity index (χ0n) is 15.1. The molecule has 0 saturated heterocycles. The Morgan fingerprint density at radius 1 is 1.07 bits per heavy atom. The molecule has 0 bridgehead atoms. The Bertz CT molecular complexity index is 1160. The second kappa shape index (κ2) is 7.88. The van der Waals surface area contributed by atoms with Gasteiger partial charge in [0.1, 0.15) is 10.5 Å². The summed E-state index contributed by atoms with van der Waals surface area (Å²) in [7, 11) is 0. The van der Waals surface area contributed by atoms with E-state index in [4.69, 9.17) is 0 Å². The molecule has 4 rings (SSSR count). The summed E-state index contributed by atoms with van der Waals surface area (Å²) in [5.74, 6) is -2.72. The molecule has 0 spiro atoms. The van der Waals surface area contributed by atoms with E-state index in [1.807, 2.05) is 25.1 Å². The minimum atomic E-state index is -0.997. The zero-order chi connectivity index (χ0) is 20.4. The van der Waals surface area contributed by atoms with Gasteiger partial charge in [0.05, 0.1) is 42.0 Å². The number of aromatic nitrogens is 5. The summed E-state index contributed by atoms with van der Waals surface area (Å²) >= 11 is 1.43. The quantitative estimate of drug-likeness (QED) is 0.462. The van der Waals surface area contributed by atoms with Crippen molar-refractivity contribution < 1.29 is 13.6 Å². The number of benzene rings is 1. The molecule has 3 aromatic heterocycles. The van der Waals surface area contributed by atoms with Crippen molar-refractivity contribution in [2.24, 2.45) is 0 Å². The SMILES string of the molecule is Cc1ccc(-c2nncs2)cc1-c1cnc(CC(=O)c2c(F)cncc2F)cn1. The average Bonchev–Trinajstić information content (AvgIpc) is 3.24. The Kier molecular flexibility index (Phi) is 5.13. The first-order chi connectivity index (χ1) is 14.0. The van der Waals surface area contributed by atoms with Crippen molar-refractivity contribution in [3.8, 4) is 21.8 Å². The number of hydrogen-bond acceptors (Lipinski definition) is 7. The maximum absolute atomic E-state index is 13.7. The number of Topliss-reactive ketones (excluding diaryl/α,β-unsaturated/α-hetero) is 1. The fourth-order valence-corrected chi connectivity index (χ4v) is 3.40. The van der Waals surface area contributed by atoms with Crippen LogP contribution in [0.3, 0.4) is 0 Å². The monoisotopic (exact) mass is 409 g/mol. The molecule has 4 aromatic rings. The highest BCUT2D eigenvalue weighted by molar-refractivity contribution is 7.12. The molecule has 6 nitrogen and oxygen atoms in total. The average molecular weight is 409 g/mol. The molecule has 29 heavy (non-hydrogen) atoms. The lowest BCUT2D eigenvalue weighted by Gasteiger charge is -2.08. The van der Waals surface area contributed by atoms with Crippen molar-refractivity contribution in [2.75, 3.05) is 0 Å². The Morgan fingerprint density at radius 3 is 2.52 bits per heavy atom. The highest BCUT2D eigenvalue weighted by Gasteiger charge is 2.19. The molecule has 9 heteroatoms. The Balaban J connectivity index is 1.59. The standard InChI is InChI=1S/C20H13F2N5OS/c1-11-2-3-12(20-27-26-10-29-20)4-14(11)17-9-24-13(6-25-17)5-18(28)19-15(21)7-23-8-16(19)22/h2-4,6-10H,5H2,1H3. The van der Waals surface area contributed by atoms with Crippen LogP contribution in [0.15, 0.2) is 48.5 Å². The molecule has 0 amide bonds. The minimum Gasteiger partial charge on any atom is -0.294 e. The van der Waals surface area contributed by atoms with Gasteiger partial charge in [-0.25, -0.2) is 8.78 Å². The minimum absolute atomic E-state index is 0.269. The van der Waals surface area contributed by atoms with Crippen LogP contribution in [0.25, 0.3) is 21.8 Å². The molecular weight excluding hydrogens is 396 g/mol. The highest BCUT2D eigenvalue weighted by atomic mass is 32.1. The third-order valence-electron chi connectivity index (χ3n) is 4.30. The zero-order valence-corrected chi connectivity index (χ0v) is 16.0. The Morgan fingerprint density at radius 2 is 1.86 bits per heavy atom. The van der Waals surface area contributed by atoms with E-state index in [1.165, 1.54) is 23.7 Å². The van der Waals surface area contributed by atoms with Crippen LogP contribution in [-0.4, -0.2) is 30.9 Å². The van der Waals surface area contributed by atoms with Crippen molar-refractivity contribution in [1.82, 2.24) is 25.1 Å². The maximum atomic E-state index is 13.7. The molecule has 0 aliphatic carbocycles. The van der Waals surface area contributed by atoms with E-state index in [0.717, 1.165) is 34.1 Å². The number of halogens is 2. The van der Waals surface area contributed by atoms with Gasteiger partial charge in [-0.15, -0.1) is 10.2 Å². The van der Waals surface area contributed by atoms with E-state index < -0.39 is 23.0 Å². The molecule has 0 fully saturated rings. The van der Waals surface area contributed by atoms with Gasteiger partial charge in [-0.2, -0.15) is 0 Å². The number of pyridine rings is 1. The lowest BCUT2D eigenvalue weighted by Crippen LogP contribution is -2.11. The molecule has 0 unspecified atom stereocenters. The van der Waals surface area contributed by atoms with Crippen LogP contribution in [0.2, 0.25) is 0 Å². The molecule has 0 radical (unpaired) electrons. The molecule has 0 saturated carbocycles. The van der Waals surface area contributed by atoms with E-state index >= 15 is 0 Å². The third-order valence-corrected chi connectivity index (χ3v) is 5.04.